The molecule has 4 nitrogen and oxygen atoms in total. The number of halogens is 1. The van der Waals surface area contributed by atoms with E-state index in [0.29, 0.717) is 16.3 Å². The van der Waals surface area contributed by atoms with E-state index in [1.54, 1.807) is 42.5 Å². The minimum Gasteiger partial charge on any atom is -0.293 e. The van der Waals surface area contributed by atoms with Crippen LogP contribution >= 0.6 is 11.6 Å². The number of hydrogen-bond acceptors (Lipinski definition) is 3. The lowest BCUT2D eigenvalue weighted by molar-refractivity contribution is 0.102. The zero-order valence-electron chi connectivity index (χ0n) is 10.4. The van der Waals surface area contributed by atoms with Crippen molar-refractivity contribution in [3.63, 3.8) is 0 Å². The van der Waals surface area contributed by atoms with Crippen LogP contribution in [0.5, 0.6) is 0 Å². The number of nitrogens with one attached hydrogen (secondary N) is 1. The summed E-state index contributed by atoms with van der Waals surface area (Å²) in [6.07, 6.45) is 0. The van der Waals surface area contributed by atoms with Gasteiger partial charge in [-0.2, -0.15) is 0 Å². The molecule has 0 fully saturated rings. The highest BCUT2D eigenvalue weighted by Gasteiger charge is 2.17. The Morgan fingerprint density at radius 2 is 1.60 bits per heavy atom. The Morgan fingerprint density at radius 1 is 1.00 bits per heavy atom. The third-order valence-electron chi connectivity index (χ3n) is 2.53. The lowest BCUT2D eigenvalue weighted by atomic mass is 10.2. The number of carbonyl (C=O) groups is 1. The van der Waals surface area contributed by atoms with Gasteiger partial charge in [-0.15, -0.1) is 0 Å². The number of hydrogen-bond donors (Lipinski definition) is 1. The van der Waals surface area contributed by atoms with Crippen molar-refractivity contribution in [3.05, 3.63) is 65.2 Å². The van der Waals surface area contributed by atoms with Crippen molar-refractivity contribution in [2.75, 3.05) is 10.5 Å². The van der Waals surface area contributed by atoms with Crippen LogP contribution in [0.15, 0.2) is 54.6 Å². The van der Waals surface area contributed by atoms with Crippen LogP contribution in [-0.2, 0) is 10.0 Å². The SMILES string of the molecule is O=C(CS(=O)(=O)Nc1ccc(Cl)cc1)c1ccccc1. The second-order valence-electron chi connectivity index (χ2n) is 4.16. The summed E-state index contributed by atoms with van der Waals surface area (Å²) >= 11 is 5.72. The number of rotatable bonds is 5. The van der Waals surface area contributed by atoms with Gasteiger partial charge in [0.1, 0.15) is 5.75 Å². The molecule has 6 heteroatoms. The summed E-state index contributed by atoms with van der Waals surface area (Å²) in [6.45, 7) is 0. The molecule has 0 bridgehead atoms. The van der Waals surface area contributed by atoms with Crippen LogP contribution in [0.3, 0.4) is 0 Å². The van der Waals surface area contributed by atoms with Gasteiger partial charge in [0.2, 0.25) is 10.0 Å². The molecule has 0 atom stereocenters. The van der Waals surface area contributed by atoms with E-state index in [4.69, 9.17) is 11.6 Å². The molecule has 0 aliphatic heterocycles. The zero-order valence-corrected chi connectivity index (χ0v) is 12.0. The number of anilines is 1. The fourth-order valence-electron chi connectivity index (χ4n) is 1.61. The van der Waals surface area contributed by atoms with Gasteiger partial charge >= 0.3 is 0 Å². The quantitative estimate of drug-likeness (QED) is 0.864. The van der Waals surface area contributed by atoms with Crippen LogP contribution in [0.1, 0.15) is 10.4 Å². The van der Waals surface area contributed by atoms with Crippen LogP contribution < -0.4 is 4.72 Å². The summed E-state index contributed by atoms with van der Waals surface area (Å²) in [7, 11) is -3.74. The van der Waals surface area contributed by atoms with Gasteiger partial charge in [0.25, 0.3) is 0 Å². The Morgan fingerprint density at radius 3 is 2.20 bits per heavy atom. The average molecular weight is 310 g/mol. The largest absolute Gasteiger partial charge is 0.293 e. The number of benzene rings is 2. The van der Waals surface area contributed by atoms with Crippen LogP contribution in [0.4, 0.5) is 5.69 Å². The highest BCUT2D eigenvalue weighted by Crippen LogP contribution is 2.15. The van der Waals surface area contributed by atoms with E-state index >= 15 is 0 Å². The van der Waals surface area contributed by atoms with Gasteiger partial charge in [0.15, 0.2) is 5.78 Å². The summed E-state index contributed by atoms with van der Waals surface area (Å²) in [5.41, 5.74) is 0.740. The topological polar surface area (TPSA) is 63.2 Å². The van der Waals surface area contributed by atoms with Gasteiger partial charge in [-0.05, 0) is 24.3 Å². The second-order valence-corrected chi connectivity index (χ2v) is 6.32. The van der Waals surface area contributed by atoms with E-state index in [9.17, 15) is 13.2 Å². The van der Waals surface area contributed by atoms with Crippen molar-refractivity contribution in [3.8, 4) is 0 Å². The first-order valence-corrected chi connectivity index (χ1v) is 7.84. The van der Waals surface area contributed by atoms with Gasteiger partial charge in [0, 0.05) is 16.3 Å². The smallest absolute Gasteiger partial charge is 0.240 e. The molecule has 104 valence electrons. The minimum absolute atomic E-state index is 0.369. The first-order valence-electron chi connectivity index (χ1n) is 5.80. The Labute approximate surface area is 122 Å². The summed E-state index contributed by atoms with van der Waals surface area (Å²) in [5, 5.41) is 0.508. The molecule has 0 heterocycles. The molecule has 20 heavy (non-hydrogen) atoms. The van der Waals surface area contributed by atoms with E-state index in [-0.39, 0.29) is 0 Å². The maximum atomic E-state index is 11.9. The number of carbonyl (C=O) groups excluding carboxylic acids is 1. The van der Waals surface area contributed by atoms with Gasteiger partial charge in [0.05, 0.1) is 0 Å². The van der Waals surface area contributed by atoms with E-state index in [0.717, 1.165) is 0 Å². The van der Waals surface area contributed by atoms with Crippen molar-refractivity contribution in [1.82, 2.24) is 0 Å². The van der Waals surface area contributed by atoms with Crippen LogP contribution in [0.25, 0.3) is 0 Å². The lowest BCUT2D eigenvalue weighted by Crippen LogP contribution is -2.22. The van der Waals surface area contributed by atoms with Crippen molar-refractivity contribution in [2.24, 2.45) is 0 Å². The molecule has 0 radical (unpaired) electrons. The molecule has 2 rings (SSSR count). The molecule has 2 aromatic rings. The summed E-state index contributed by atoms with van der Waals surface area (Å²) < 4.78 is 26.1. The van der Waals surface area contributed by atoms with Gasteiger partial charge < -0.3 is 0 Å². The molecule has 0 amide bonds. The fourth-order valence-corrected chi connectivity index (χ4v) is 2.82. The van der Waals surface area contributed by atoms with Crippen LogP contribution in [0.2, 0.25) is 5.02 Å². The van der Waals surface area contributed by atoms with E-state index in [1.165, 1.54) is 12.1 Å². The third-order valence-corrected chi connectivity index (χ3v) is 3.98. The Bertz CT molecular complexity index is 697. The Hall–Kier alpha value is -1.85. The van der Waals surface area contributed by atoms with E-state index < -0.39 is 21.6 Å². The standard InChI is InChI=1S/C14H12ClNO3S/c15-12-6-8-13(9-7-12)16-20(18,19)10-14(17)11-4-2-1-3-5-11/h1-9,16H,10H2. The molecule has 0 aromatic heterocycles. The molecule has 1 N–H and O–H groups in total. The maximum absolute atomic E-state index is 11.9. The number of Topliss-reactive ketones (excluding diaryl/α,β-unsaturated/α-hetero) is 1. The van der Waals surface area contributed by atoms with Crippen molar-refractivity contribution in [1.29, 1.82) is 0 Å². The van der Waals surface area contributed by atoms with E-state index in [2.05, 4.69) is 4.72 Å². The van der Waals surface area contributed by atoms with Crippen LogP contribution in [0, 0.1) is 0 Å². The zero-order chi connectivity index (χ0) is 14.6. The van der Waals surface area contributed by atoms with Gasteiger partial charge in [-0.25, -0.2) is 8.42 Å². The molecule has 0 saturated carbocycles. The molecule has 0 unspecified atom stereocenters. The van der Waals surface area contributed by atoms with Crippen LogP contribution in [-0.4, -0.2) is 20.0 Å². The summed E-state index contributed by atoms with van der Waals surface area (Å²) in [5.74, 6) is -1.05. The highest BCUT2D eigenvalue weighted by atomic mass is 35.5. The monoisotopic (exact) mass is 309 g/mol. The summed E-state index contributed by atoms with van der Waals surface area (Å²) in [6, 6.07) is 14.5. The second kappa shape index (κ2) is 6.07. The predicted molar refractivity (Wildman–Crippen MR) is 79.6 cm³/mol. The Balaban J connectivity index is 2.08. The predicted octanol–water partition coefficient (Wildman–Crippen LogP) is 2.96. The molecule has 0 saturated heterocycles. The maximum Gasteiger partial charge on any atom is 0.240 e. The molecular weight excluding hydrogens is 298 g/mol. The Kier molecular flexibility index (Phi) is 4.42. The highest BCUT2D eigenvalue weighted by molar-refractivity contribution is 7.93. The molecular formula is C14H12ClNO3S. The molecule has 0 aliphatic carbocycles. The number of sulfonamides is 1. The molecule has 0 spiro atoms. The fraction of sp³-hybridized carbons (Fsp3) is 0.0714. The van der Waals surface area contributed by atoms with Crippen molar-refractivity contribution >= 4 is 33.1 Å². The lowest BCUT2D eigenvalue weighted by Gasteiger charge is -2.07. The number of ketones is 1. The van der Waals surface area contributed by atoms with Gasteiger partial charge in [-0.3, -0.25) is 9.52 Å². The average Bonchev–Trinajstić information content (AvgIpc) is 2.41. The minimum atomic E-state index is -3.74. The third kappa shape index (κ3) is 4.08. The normalized spacial score (nSPS) is 11.1. The molecule has 0 aliphatic rings. The summed E-state index contributed by atoms with van der Waals surface area (Å²) in [4.78, 5) is 11.9. The van der Waals surface area contributed by atoms with Gasteiger partial charge in [-0.1, -0.05) is 41.9 Å². The first kappa shape index (κ1) is 14.6. The van der Waals surface area contributed by atoms with Crippen molar-refractivity contribution in [2.45, 2.75) is 0 Å². The van der Waals surface area contributed by atoms with Crippen molar-refractivity contribution < 1.29 is 13.2 Å². The van der Waals surface area contributed by atoms with E-state index in [1.807, 2.05) is 0 Å². The molecule has 2 aromatic carbocycles. The first-order chi connectivity index (χ1) is 9.46.